The summed E-state index contributed by atoms with van der Waals surface area (Å²) in [5.74, 6) is 7.24. The summed E-state index contributed by atoms with van der Waals surface area (Å²) < 4.78 is 0.482. The minimum atomic E-state index is 0.482. The Balaban J connectivity index is 2.15. The van der Waals surface area contributed by atoms with E-state index < -0.39 is 0 Å². The minimum absolute atomic E-state index is 0.482. The highest BCUT2D eigenvalue weighted by molar-refractivity contribution is 8.00. The average molecular weight is 183 g/mol. The Morgan fingerprint density at radius 2 is 2.42 bits per heavy atom. The molecule has 1 rings (SSSR count). The lowest BCUT2D eigenvalue weighted by atomic mass is 10.1. The van der Waals surface area contributed by atoms with Crippen LogP contribution in [0.5, 0.6) is 0 Å². The summed E-state index contributed by atoms with van der Waals surface area (Å²) in [6.45, 7) is 6.17. The van der Waals surface area contributed by atoms with Gasteiger partial charge in [-0.15, -0.1) is 5.92 Å². The molecule has 0 radical (unpaired) electrons. The van der Waals surface area contributed by atoms with Gasteiger partial charge in [0.1, 0.15) is 0 Å². The molecule has 0 saturated carbocycles. The summed E-state index contributed by atoms with van der Waals surface area (Å²) in [7, 11) is 0. The SMILES string of the molecule is CC#CCNCC1(C)CCCS1. The van der Waals surface area contributed by atoms with Crippen LogP contribution in [-0.2, 0) is 0 Å². The van der Waals surface area contributed by atoms with Crippen molar-refractivity contribution in [1.82, 2.24) is 5.32 Å². The number of rotatable bonds is 3. The van der Waals surface area contributed by atoms with E-state index in [2.05, 4.69) is 35.8 Å². The van der Waals surface area contributed by atoms with Crippen LogP contribution in [0.15, 0.2) is 0 Å². The first kappa shape index (κ1) is 9.95. The Bertz CT molecular complexity index is 184. The molecule has 1 fully saturated rings. The maximum Gasteiger partial charge on any atom is 0.0576 e. The minimum Gasteiger partial charge on any atom is -0.305 e. The molecule has 1 aliphatic rings. The predicted octanol–water partition coefficient (Wildman–Crippen LogP) is 1.89. The monoisotopic (exact) mass is 183 g/mol. The molecule has 0 amide bonds. The topological polar surface area (TPSA) is 12.0 Å². The molecule has 2 heteroatoms. The van der Waals surface area contributed by atoms with E-state index in [0.29, 0.717) is 4.75 Å². The second-order valence-corrected chi connectivity index (χ2v) is 5.11. The maximum atomic E-state index is 3.37. The zero-order valence-electron chi connectivity index (χ0n) is 7.94. The first-order chi connectivity index (χ1) is 5.77. The van der Waals surface area contributed by atoms with Gasteiger partial charge in [0.2, 0.25) is 0 Å². The fourth-order valence-electron chi connectivity index (χ4n) is 1.45. The van der Waals surface area contributed by atoms with Gasteiger partial charge in [-0.3, -0.25) is 0 Å². The van der Waals surface area contributed by atoms with E-state index in [0.717, 1.165) is 13.1 Å². The van der Waals surface area contributed by atoms with E-state index >= 15 is 0 Å². The van der Waals surface area contributed by atoms with Crippen LogP contribution >= 0.6 is 11.8 Å². The van der Waals surface area contributed by atoms with E-state index in [-0.39, 0.29) is 0 Å². The van der Waals surface area contributed by atoms with E-state index in [1.54, 1.807) is 0 Å². The zero-order valence-corrected chi connectivity index (χ0v) is 8.76. The van der Waals surface area contributed by atoms with Crippen LogP contribution in [0.4, 0.5) is 0 Å². The number of hydrogen-bond acceptors (Lipinski definition) is 2. The molecule has 0 aromatic heterocycles. The molecule has 68 valence electrons. The maximum absolute atomic E-state index is 3.37. The fourth-order valence-corrected chi connectivity index (χ4v) is 2.73. The third kappa shape index (κ3) is 3.08. The van der Waals surface area contributed by atoms with Crippen LogP contribution in [0.2, 0.25) is 0 Å². The number of hydrogen-bond donors (Lipinski definition) is 1. The molecule has 0 aromatic carbocycles. The molecular formula is C10H17NS. The fraction of sp³-hybridized carbons (Fsp3) is 0.800. The first-order valence-electron chi connectivity index (χ1n) is 4.51. The van der Waals surface area contributed by atoms with Crippen LogP contribution < -0.4 is 5.32 Å². The van der Waals surface area contributed by atoms with Gasteiger partial charge in [0.25, 0.3) is 0 Å². The summed E-state index contributed by atoms with van der Waals surface area (Å²) >= 11 is 2.09. The van der Waals surface area contributed by atoms with Crippen molar-refractivity contribution in [3.63, 3.8) is 0 Å². The Hall–Kier alpha value is -0.130. The highest BCUT2D eigenvalue weighted by Gasteiger charge is 2.28. The normalized spacial score (nSPS) is 28.2. The van der Waals surface area contributed by atoms with Crippen LogP contribution in [-0.4, -0.2) is 23.6 Å². The lowest BCUT2D eigenvalue weighted by Gasteiger charge is -2.22. The number of nitrogens with one attached hydrogen (secondary N) is 1. The van der Waals surface area contributed by atoms with Crippen molar-refractivity contribution in [1.29, 1.82) is 0 Å². The van der Waals surface area contributed by atoms with Gasteiger partial charge < -0.3 is 5.32 Å². The Morgan fingerprint density at radius 3 is 3.00 bits per heavy atom. The zero-order chi connectivity index (χ0) is 8.86. The number of thioether (sulfide) groups is 1. The molecule has 0 aromatic rings. The molecule has 1 heterocycles. The van der Waals surface area contributed by atoms with Gasteiger partial charge in [0.15, 0.2) is 0 Å². The molecule has 0 spiro atoms. The van der Waals surface area contributed by atoms with Gasteiger partial charge in [-0.05, 0) is 32.4 Å². The third-order valence-corrected chi connectivity index (χ3v) is 3.73. The predicted molar refractivity (Wildman–Crippen MR) is 56.4 cm³/mol. The lowest BCUT2D eigenvalue weighted by Crippen LogP contribution is -2.32. The van der Waals surface area contributed by atoms with Gasteiger partial charge in [-0.1, -0.05) is 5.92 Å². The summed E-state index contributed by atoms with van der Waals surface area (Å²) in [6.07, 6.45) is 2.73. The summed E-state index contributed by atoms with van der Waals surface area (Å²) in [4.78, 5) is 0. The van der Waals surface area contributed by atoms with Crippen LogP contribution in [0, 0.1) is 11.8 Å². The van der Waals surface area contributed by atoms with Crippen LogP contribution in [0.25, 0.3) is 0 Å². The molecule has 1 atom stereocenters. The van der Waals surface area contributed by atoms with E-state index in [9.17, 15) is 0 Å². The Morgan fingerprint density at radius 1 is 1.58 bits per heavy atom. The molecule has 1 aliphatic heterocycles. The largest absolute Gasteiger partial charge is 0.305 e. The van der Waals surface area contributed by atoms with Gasteiger partial charge in [-0.25, -0.2) is 0 Å². The van der Waals surface area contributed by atoms with E-state index in [1.807, 2.05) is 6.92 Å². The van der Waals surface area contributed by atoms with Crippen molar-refractivity contribution in [3.8, 4) is 11.8 Å². The second kappa shape index (κ2) is 4.79. The van der Waals surface area contributed by atoms with Crippen molar-refractivity contribution in [2.75, 3.05) is 18.8 Å². The highest BCUT2D eigenvalue weighted by Crippen LogP contribution is 2.36. The van der Waals surface area contributed by atoms with E-state index in [1.165, 1.54) is 18.6 Å². The van der Waals surface area contributed by atoms with Gasteiger partial charge >= 0.3 is 0 Å². The second-order valence-electron chi connectivity index (χ2n) is 3.43. The van der Waals surface area contributed by atoms with E-state index in [4.69, 9.17) is 0 Å². The van der Waals surface area contributed by atoms with Gasteiger partial charge in [0.05, 0.1) is 6.54 Å². The molecular weight excluding hydrogens is 166 g/mol. The molecule has 1 nitrogen and oxygen atoms in total. The standard InChI is InChI=1S/C10H17NS/c1-3-4-7-11-9-10(2)6-5-8-12-10/h11H,5-9H2,1-2H3. The van der Waals surface area contributed by atoms with Crippen LogP contribution in [0.3, 0.4) is 0 Å². The molecule has 12 heavy (non-hydrogen) atoms. The molecule has 0 aliphatic carbocycles. The molecule has 1 N–H and O–H groups in total. The van der Waals surface area contributed by atoms with Crippen molar-refractivity contribution in [3.05, 3.63) is 0 Å². The molecule has 0 bridgehead atoms. The lowest BCUT2D eigenvalue weighted by molar-refractivity contribution is 0.558. The molecule has 1 unspecified atom stereocenters. The van der Waals surface area contributed by atoms with Crippen LogP contribution in [0.1, 0.15) is 26.7 Å². The van der Waals surface area contributed by atoms with Crippen molar-refractivity contribution in [2.24, 2.45) is 0 Å². The van der Waals surface area contributed by atoms with Gasteiger partial charge in [0, 0.05) is 11.3 Å². The highest BCUT2D eigenvalue weighted by atomic mass is 32.2. The summed E-state index contributed by atoms with van der Waals surface area (Å²) in [5, 5.41) is 3.37. The summed E-state index contributed by atoms with van der Waals surface area (Å²) in [5.41, 5.74) is 0. The third-order valence-electron chi connectivity index (χ3n) is 2.19. The first-order valence-corrected chi connectivity index (χ1v) is 5.50. The Labute approximate surface area is 79.7 Å². The van der Waals surface area contributed by atoms with Crippen molar-refractivity contribution in [2.45, 2.75) is 31.4 Å². The van der Waals surface area contributed by atoms with Gasteiger partial charge in [-0.2, -0.15) is 11.8 Å². The Kier molecular flexibility index (Phi) is 3.97. The average Bonchev–Trinajstić information content (AvgIpc) is 2.47. The van der Waals surface area contributed by atoms with Crippen molar-refractivity contribution < 1.29 is 0 Å². The smallest absolute Gasteiger partial charge is 0.0576 e. The molecule has 1 saturated heterocycles. The summed E-state index contributed by atoms with van der Waals surface area (Å²) in [6, 6.07) is 0. The quantitative estimate of drug-likeness (QED) is 0.529. The van der Waals surface area contributed by atoms with Crippen molar-refractivity contribution >= 4 is 11.8 Å².